The van der Waals surface area contributed by atoms with E-state index in [0.29, 0.717) is 5.96 Å². The predicted molar refractivity (Wildman–Crippen MR) is 97.5 cm³/mol. The Morgan fingerprint density at radius 2 is 1.92 bits per heavy atom. The molecule has 25 heavy (non-hydrogen) atoms. The van der Waals surface area contributed by atoms with Crippen molar-refractivity contribution < 1.29 is 9.59 Å². The number of likely N-dealkylation sites (N-methyl/N-ethyl adjacent to an activating group) is 1. The van der Waals surface area contributed by atoms with Crippen LogP contribution in [-0.2, 0) is 9.59 Å². The number of aryl methyl sites for hydroxylation is 1. The fourth-order valence-corrected chi connectivity index (χ4v) is 3.03. The van der Waals surface area contributed by atoms with Crippen molar-refractivity contribution in [2.75, 3.05) is 38.0 Å². The first kappa shape index (κ1) is 17.4. The number of piperazine rings is 1. The molecule has 1 fully saturated rings. The summed E-state index contributed by atoms with van der Waals surface area (Å²) in [6.07, 6.45) is 0.0537. The topological polar surface area (TPSA) is 77.0 Å². The molecule has 3 rings (SSSR count). The number of hydrogen-bond acceptors (Lipinski definition) is 5. The molecule has 7 nitrogen and oxygen atoms in total. The van der Waals surface area contributed by atoms with Crippen molar-refractivity contribution in [2.45, 2.75) is 26.3 Å². The van der Waals surface area contributed by atoms with Gasteiger partial charge in [-0.1, -0.05) is 24.6 Å². The Morgan fingerprint density at radius 1 is 1.24 bits per heavy atom. The number of aliphatic imine (C=N–C) groups is 1. The number of carbonyl (C=O) groups excluding carboxylic acids is 2. The van der Waals surface area contributed by atoms with E-state index in [4.69, 9.17) is 0 Å². The highest BCUT2D eigenvalue weighted by Crippen LogP contribution is 2.13. The molecule has 1 aromatic rings. The third-order valence-corrected chi connectivity index (χ3v) is 4.65. The Labute approximate surface area is 148 Å². The highest BCUT2D eigenvalue weighted by atomic mass is 16.2. The van der Waals surface area contributed by atoms with Crippen molar-refractivity contribution in [1.29, 1.82) is 0 Å². The highest BCUT2D eigenvalue weighted by molar-refractivity contribution is 6.07. The molecule has 2 N–H and O–H groups in total. The maximum Gasteiger partial charge on any atom is 0.252 e. The maximum absolute atomic E-state index is 12.2. The summed E-state index contributed by atoms with van der Waals surface area (Å²) in [7, 11) is 0. The number of hydrogen-bond donors (Lipinski definition) is 2. The molecule has 0 unspecified atom stereocenters. The Bertz CT molecular complexity index is 663. The Kier molecular flexibility index (Phi) is 5.33. The number of nitrogens with zero attached hydrogens (tertiary/aromatic N) is 3. The molecule has 1 atom stereocenters. The van der Waals surface area contributed by atoms with E-state index < -0.39 is 6.04 Å². The van der Waals surface area contributed by atoms with Gasteiger partial charge in [0.25, 0.3) is 5.91 Å². The van der Waals surface area contributed by atoms with Crippen molar-refractivity contribution in [3.05, 3.63) is 29.8 Å². The van der Waals surface area contributed by atoms with Gasteiger partial charge in [0.2, 0.25) is 11.9 Å². The standard InChI is InChI=1S/C18H25N5O2/c1-3-22-8-10-23(11-9-22)18-20-15(17(25)21-18)12-16(24)19-14-6-4-13(2)5-7-14/h4-7,15H,3,8-12H2,1-2H3,(H,19,24)(H,20,21,25)/t15-/m1/s1. The molecule has 0 aromatic heterocycles. The molecule has 2 amide bonds. The van der Waals surface area contributed by atoms with Crippen molar-refractivity contribution >= 4 is 23.5 Å². The monoisotopic (exact) mass is 343 g/mol. The third-order valence-electron chi connectivity index (χ3n) is 4.65. The number of carbonyl (C=O) groups is 2. The zero-order valence-electron chi connectivity index (χ0n) is 14.8. The summed E-state index contributed by atoms with van der Waals surface area (Å²) in [5, 5.41) is 5.64. The normalized spacial score (nSPS) is 21.0. The molecule has 1 saturated heterocycles. The molecule has 7 heteroatoms. The Morgan fingerprint density at radius 3 is 2.56 bits per heavy atom. The molecule has 0 bridgehead atoms. The van der Waals surface area contributed by atoms with E-state index in [-0.39, 0.29) is 18.2 Å². The van der Waals surface area contributed by atoms with Crippen molar-refractivity contribution in [1.82, 2.24) is 15.1 Å². The zero-order valence-corrected chi connectivity index (χ0v) is 14.8. The molecule has 0 radical (unpaired) electrons. The number of guanidine groups is 1. The Balaban J connectivity index is 1.55. The van der Waals surface area contributed by atoms with Crippen LogP contribution in [0.3, 0.4) is 0 Å². The lowest BCUT2D eigenvalue weighted by molar-refractivity contribution is -0.124. The van der Waals surface area contributed by atoms with E-state index in [1.165, 1.54) is 0 Å². The molecule has 1 aromatic carbocycles. The van der Waals surface area contributed by atoms with Gasteiger partial charge >= 0.3 is 0 Å². The average molecular weight is 343 g/mol. The van der Waals surface area contributed by atoms with Crippen LogP contribution in [0.5, 0.6) is 0 Å². The highest BCUT2D eigenvalue weighted by Gasteiger charge is 2.32. The van der Waals surface area contributed by atoms with Gasteiger partial charge in [-0.05, 0) is 25.6 Å². The van der Waals surface area contributed by atoms with Crippen LogP contribution >= 0.6 is 0 Å². The summed E-state index contributed by atoms with van der Waals surface area (Å²) in [4.78, 5) is 33.2. The first-order chi connectivity index (χ1) is 12.0. The van der Waals surface area contributed by atoms with E-state index in [1.54, 1.807) is 0 Å². The van der Waals surface area contributed by atoms with E-state index >= 15 is 0 Å². The summed E-state index contributed by atoms with van der Waals surface area (Å²) >= 11 is 0. The quantitative estimate of drug-likeness (QED) is 0.848. The lowest BCUT2D eigenvalue weighted by Gasteiger charge is -2.34. The van der Waals surface area contributed by atoms with Crippen LogP contribution in [-0.4, -0.2) is 66.3 Å². The summed E-state index contributed by atoms with van der Waals surface area (Å²) in [5.41, 5.74) is 1.86. The fourth-order valence-electron chi connectivity index (χ4n) is 3.03. The van der Waals surface area contributed by atoms with E-state index in [1.807, 2.05) is 31.2 Å². The summed E-state index contributed by atoms with van der Waals surface area (Å²) < 4.78 is 0. The molecule has 0 saturated carbocycles. The van der Waals surface area contributed by atoms with Gasteiger partial charge in [-0.3, -0.25) is 14.9 Å². The van der Waals surface area contributed by atoms with Crippen LogP contribution in [0.15, 0.2) is 29.3 Å². The smallest absolute Gasteiger partial charge is 0.252 e. The zero-order chi connectivity index (χ0) is 17.8. The first-order valence-electron chi connectivity index (χ1n) is 8.77. The minimum absolute atomic E-state index is 0.0537. The molecule has 134 valence electrons. The van der Waals surface area contributed by atoms with Gasteiger partial charge in [0, 0.05) is 31.9 Å². The molecule has 0 aliphatic carbocycles. The molecular formula is C18H25N5O2. The van der Waals surface area contributed by atoms with Gasteiger partial charge in [-0.15, -0.1) is 0 Å². The van der Waals surface area contributed by atoms with Crippen molar-refractivity contribution in [2.24, 2.45) is 4.99 Å². The van der Waals surface area contributed by atoms with Gasteiger partial charge < -0.3 is 15.1 Å². The number of anilines is 1. The van der Waals surface area contributed by atoms with Gasteiger partial charge in [-0.25, -0.2) is 4.99 Å². The maximum atomic E-state index is 12.2. The fraction of sp³-hybridized carbons (Fsp3) is 0.500. The second kappa shape index (κ2) is 7.65. The van der Waals surface area contributed by atoms with Gasteiger partial charge in [0.15, 0.2) is 0 Å². The van der Waals surface area contributed by atoms with E-state index in [9.17, 15) is 9.59 Å². The van der Waals surface area contributed by atoms with Gasteiger partial charge in [-0.2, -0.15) is 0 Å². The Hall–Kier alpha value is -2.41. The van der Waals surface area contributed by atoms with Gasteiger partial charge in [0.05, 0.1) is 6.42 Å². The van der Waals surface area contributed by atoms with Crippen LogP contribution < -0.4 is 10.6 Å². The van der Waals surface area contributed by atoms with Crippen molar-refractivity contribution in [3.8, 4) is 0 Å². The SMILES string of the molecule is CCN1CCN(C2=N[C@H](CC(=O)Nc3ccc(C)cc3)C(=O)N2)CC1. The minimum atomic E-state index is -0.648. The first-order valence-corrected chi connectivity index (χ1v) is 8.77. The minimum Gasteiger partial charge on any atom is -0.340 e. The van der Waals surface area contributed by atoms with Gasteiger partial charge in [0.1, 0.15) is 6.04 Å². The molecule has 2 aliphatic heterocycles. The molecule has 0 spiro atoms. The number of rotatable bonds is 4. The lowest BCUT2D eigenvalue weighted by atomic mass is 10.2. The largest absolute Gasteiger partial charge is 0.340 e. The number of nitrogens with one attached hydrogen (secondary N) is 2. The van der Waals surface area contributed by atoms with Crippen LogP contribution in [0.2, 0.25) is 0 Å². The molecular weight excluding hydrogens is 318 g/mol. The number of amides is 2. The van der Waals surface area contributed by atoms with E-state index in [2.05, 4.69) is 32.3 Å². The van der Waals surface area contributed by atoms with Crippen molar-refractivity contribution in [3.63, 3.8) is 0 Å². The summed E-state index contributed by atoms with van der Waals surface area (Å²) in [6.45, 7) is 8.78. The molecule has 2 heterocycles. The lowest BCUT2D eigenvalue weighted by Crippen LogP contribution is -2.51. The second-order valence-electron chi connectivity index (χ2n) is 6.50. The predicted octanol–water partition coefficient (Wildman–Crippen LogP) is 0.816. The van der Waals surface area contributed by atoms with Crippen LogP contribution in [0, 0.1) is 6.92 Å². The van der Waals surface area contributed by atoms with E-state index in [0.717, 1.165) is 44.0 Å². The number of benzene rings is 1. The van der Waals surface area contributed by atoms with Crippen LogP contribution in [0.4, 0.5) is 5.69 Å². The summed E-state index contributed by atoms with van der Waals surface area (Å²) in [6, 6.07) is 6.92. The summed E-state index contributed by atoms with van der Waals surface area (Å²) in [5.74, 6) is 0.200. The van der Waals surface area contributed by atoms with Crippen LogP contribution in [0.25, 0.3) is 0 Å². The second-order valence-corrected chi connectivity index (χ2v) is 6.50. The van der Waals surface area contributed by atoms with Crippen LogP contribution in [0.1, 0.15) is 18.9 Å². The molecule has 2 aliphatic rings. The third kappa shape index (κ3) is 4.36. The average Bonchev–Trinajstić information content (AvgIpc) is 2.97.